The highest BCUT2D eigenvalue weighted by Gasteiger charge is 2.21. The number of carbonyl (C=O) groups is 2. The van der Waals surface area contributed by atoms with Gasteiger partial charge in [0.25, 0.3) is 0 Å². The highest BCUT2D eigenvalue weighted by atomic mass is 16.5. The van der Waals surface area contributed by atoms with Crippen LogP contribution in [0.15, 0.2) is 29.1 Å². The van der Waals surface area contributed by atoms with Crippen LogP contribution >= 0.6 is 0 Å². The predicted molar refractivity (Wildman–Crippen MR) is 83.2 cm³/mol. The van der Waals surface area contributed by atoms with Crippen molar-refractivity contribution in [1.29, 1.82) is 0 Å². The van der Waals surface area contributed by atoms with E-state index in [4.69, 9.17) is 9.84 Å². The van der Waals surface area contributed by atoms with Gasteiger partial charge in [-0.05, 0) is 12.1 Å². The molecule has 1 unspecified atom stereocenters. The van der Waals surface area contributed by atoms with Gasteiger partial charge in [0.1, 0.15) is 12.6 Å². The first kappa shape index (κ1) is 16.8. The maximum absolute atomic E-state index is 12.2. The Bertz CT molecular complexity index is 777. The van der Waals surface area contributed by atoms with Gasteiger partial charge in [-0.3, -0.25) is 13.9 Å². The van der Waals surface area contributed by atoms with Crippen molar-refractivity contribution in [3.63, 3.8) is 0 Å². The Morgan fingerprint density at radius 1 is 1.30 bits per heavy atom. The molecule has 1 aromatic carbocycles. The normalized spacial score (nSPS) is 12.3. The fraction of sp³-hybridized carbons (Fsp3) is 0.400. The molecule has 0 bridgehead atoms. The fourth-order valence-electron chi connectivity index (χ4n) is 2.39. The number of aromatic nitrogens is 2. The van der Waals surface area contributed by atoms with Crippen LogP contribution in [0.5, 0.6) is 0 Å². The van der Waals surface area contributed by atoms with E-state index in [2.05, 4.69) is 5.32 Å². The van der Waals surface area contributed by atoms with Crippen LogP contribution in [-0.2, 0) is 27.9 Å². The lowest BCUT2D eigenvalue weighted by Crippen LogP contribution is -2.43. The second-order valence-corrected chi connectivity index (χ2v) is 5.16. The molecule has 0 saturated carbocycles. The van der Waals surface area contributed by atoms with Crippen molar-refractivity contribution in [2.75, 3.05) is 13.7 Å². The Balaban J connectivity index is 2.19. The minimum atomic E-state index is -1.14. The number of carboxylic acids is 1. The van der Waals surface area contributed by atoms with Gasteiger partial charge in [-0.2, -0.15) is 0 Å². The number of para-hydroxylation sites is 2. The Morgan fingerprint density at radius 3 is 2.57 bits per heavy atom. The van der Waals surface area contributed by atoms with E-state index < -0.39 is 17.9 Å². The lowest BCUT2D eigenvalue weighted by Gasteiger charge is -2.14. The van der Waals surface area contributed by atoms with Gasteiger partial charge in [-0.25, -0.2) is 9.59 Å². The predicted octanol–water partition coefficient (Wildman–Crippen LogP) is -0.0541. The summed E-state index contributed by atoms with van der Waals surface area (Å²) in [6.07, 6.45) is 0.155. The molecule has 2 rings (SSSR count). The third kappa shape index (κ3) is 3.59. The lowest BCUT2D eigenvalue weighted by atomic mass is 10.2. The van der Waals surface area contributed by atoms with E-state index >= 15 is 0 Å². The minimum Gasteiger partial charge on any atom is -0.480 e. The number of nitrogens with zero attached hydrogens (tertiary/aromatic N) is 2. The summed E-state index contributed by atoms with van der Waals surface area (Å²) in [4.78, 5) is 35.5. The number of amides is 1. The molecular formula is C15H19N3O5. The van der Waals surface area contributed by atoms with Crippen LogP contribution in [-0.4, -0.2) is 45.9 Å². The highest BCUT2D eigenvalue weighted by Crippen LogP contribution is 2.11. The third-order valence-corrected chi connectivity index (χ3v) is 3.60. The molecule has 0 fully saturated rings. The van der Waals surface area contributed by atoms with Crippen molar-refractivity contribution >= 4 is 22.9 Å². The molecule has 23 heavy (non-hydrogen) atoms. The van der Waals surface area contributed by atoms with Crippen molar-refractivity contribution in [2.24, 2.45) is 7.05 Å². The number of carbonyl (C=O) groups excluding carboxylic acids is 1. The van der Waals surface area contributed by atoms with E-state index in [1.807, 2.05) is 0 Å². The van der Waals surface area contributed by atoms with Gasteiger partial charge < -0.3 is 15.2 Å². The molecule has 1 amide bonds. The number of benzene rings is 1. The van der Waals surface area contributed by atoms with Crippen LogP contribution < -0.4 is 11.0 Å². The smallest absolute Gasteiger partial charge is 0.329 e. The minimum absolute atomic E-state index is 0.155. The summed E-state index contributed by atoms with van der Waals surface area (Å²) < 4.78 is 7.60. The molecule has 124 valence electrons. The monoisotopic (exact) mass is 321 g/mol. The number of imidazole rings is 1. The number of carboxylic acid groups (broad SMARTS) is 1. The largest absolute Gasteiger partial charge is 0.480 e. The highest BCUT2D eigenvalue weighted by molar-refractivity contribution is 5.85. The molecule has 0 radical (unpaired) electrons. The SMILES string of the molecule is COCCC(NC(=O)Cn1c(=O)n(C)c2ccccc21)C(=O)O. The Hall–Kier alpha value is -2.61. The number of rotatable bonds is 7. The number of ether oxygens (including phenoxy) is 1. The standard InChI is InChI=1S/C15H19N3O5/c1-17-11-5-3-4-6-12(11)18(15(17)22)9-13(19)16-10(14(20)21)7-8-23-2/h3-6,10H,7-9H2,1-2H3,(H,16,19)(H,20,21). The first-order valence-electron chi connectivity index (χ1n) is 7.11. The summed E-state index contributed by atoms with van der Waals surface area (Å²) in [5, 5.41) is 11.5. The maximum Gasteiger partial charge on any atom is 0.329 e. The molecule has 0 aliphatic carbocycles. The number of nitrogens with one attached hydrogen (secondary N) is 1. The topological polar surface area (TPSA) is 103 Å². The molecule has 0 aliphatic heterocycles. The Kier molecular flexibility index (Phi) is 5.17. The van der Waals surface area contributed by atoms with Crippen LogP contribution in [0.4, 0.5) is 0 Å². The van der Waals surface area contributed by atoms with Gasteiger partial charge >= 0.3 is 11.7 Å². The van der Waals surface area contributed by atoms with Crippen molar-refractivity contribution in [1.82, 2.24) is 14.5 Å². The summed E-state index contributed by atoms with van der Waals surface area (Å²) >= 11 is 0. The number of fused-ring (bicyclic) bond motifs is 1. The van der Waals surface area contributed by atoms with E-state index in [1.54, 1.807) is 31.3 Å². The number of methoxy groups -OCH3 is 1. The molecule has 1 atom stereocenters. The van der Waals surface area contributed by atoms with Gasteiger partial charge in [-0.15, -0.1) is 0 Å². The summed E-state index contributed by atoms with van der Waals surface area (Å²) in [6.45, 7) is -0.0254. The molecule has 1 aromatic heterocycles. The van der Waals surface area contributed by atoms with Gasteiger partial charge in [0.15, 0.2) is 0 Å². The van der Waals surface area contributed by atoms with Crippen molar-refractivity contribution in [3.05, 3.63) is 34.7 Å². The van der Waals surface area contributed by atoms with Crippen LogP contribution in [0.3, 0.4) is 0 Å². The number of hydrogen-bond donors (Lipinski definition) is 2. The molecule has 2 N–H and O–H groups in total. The average Bonchev–Trinajstić information content (AvgIpc) is 2.76. The van der Waals surface area contributed by atoms with Gasteiger partial charge in [0, 0.05) is 27.2 Å². The number of hydrogen-bond acceptors (Lipinski definition) is 4. The molecule has 0 spiro atoms. The van der Waals surface area contributed by atoms with E-state index in [0.29, 0.717) is 11.0 Å². The first-order valence-corrected chi connectivity index (χ1v) is 7.11. The van der Waals surface area contributed by atoms with Gasteiger partial charge in [0.2, 0.25) is 5.91 Å². The molecule has 8 nitrogen and oxygen atoms in total. The zero-order chi connectivity index (χ0) is 17.0. The fourth-order valence-corrected chi connectivity index (χ4v) is 2.39. The zero-order valence-corrected chi connectivity index (χ0v) is 13.0. The molecule has 1 heterocycles. The van der Waals surface area contributed by atoms with Crippen LogP contribution in [0, 0.1) is 0 Å². The molecular weight excluding hydrogens is 302 g/mol. The average molecular weight is 321 g/mol. The van der Waals surface area contributed by atoms with Crippen LogP contribution in [0.25, 0.3) is 11.0 Å². The van der Waals surface area contributed by atoms with Crippen molar-refractivity contribution < 1.29 is 19.4 Å². The first-order chi connectivity index (χ1) is 11.0. The number of aliphatic carboxylic acids is 1. The molecule has 8 heteroatoms. The molecule has 0 saturated heterocycles. The number of aryl methyl sites for hydroxylation is 1. The maximum atomic E-state index is 12.2. The summed E-state index contributed by atoms with van der Waals surface area (Å²) in [5.41, 5.74) is 1.00. The summed E-state index contributed by atoms with van der Waals surface area (Å²) in [7, 11) is 3.08. The quantitative estimate of drug-likeness (QED) is 0.744. The zero-order valence-electron chi connectivity index (χ0n) is 13.0. The van der Waals surface area contributed by atoms with E-state index in [-0.39, 0.29) is 25.3 Å². The molecule has 2 aromatic rings. The van der Waals surface area contributed by atoms with Crippen molar-refractivity contribution in [2.45, 2.75) is 19.0 Å². The van der Waals surface area contributed by atoms with E-state index in [1.165, 1.54) is 16.2 Å². The van der Waals surface area contributed by atoms with Gasteiger partial charge in [0.05, 0.1) is 11.0 Å². The van der Waals surface area contributed by atoms with E-state index in [9.17, 15) is 14.4 Å². The van der Waals surface area contributed by atoms with Crippen LogP contribution in [0.1, 0.15) is 6.42 Å². The summed E-state index contributed by atoms with van der Waals surface area (Å²) in [6, 6.07) is 6.05. The van der Waals surface area contributed by atoms with Crippen LogP contribution in [0.2, 0.25) is 0 Å². The summed E-state index contributed by atoms with van der Waals surface area (Å²) in [5.74, 6) is -1.67. The molecule has 0 aliphatic rings. The van der Waals surface area contributed by atoms with E-state index in [0.717, 1.165) is 0 Å². The lowest BCUT2D eigenvalue weighted by molar-refractivity contribution is -0.142. The second kappa shape index (κ2) is 7.10. The third-order valence-electron chi connectivity index (χ3n) is 3.60. The Labute approximate surface area is 132 Å². The van der Waals surface area contributed by atoms with Gasteiger partial charge in [-0.1, -0.05) is 12.1 Å². The second-order valence-electron chi connectivity index (χ2n) is 5.16. The Morgan fingerprint density at radius 2 is 1.96 bits per heavy atom. The van der Waals surface area contributed by atoms with Crippen molar-refractivity contribution in [3.8, 4) is 0 Å².